The zero-order chi connectivity index (χ0) is 19.6. The smallest absolute Gasteiger partial charge is 0.191 e. The highest BCUT2D eigenvalue weighted by molar-refractivity contribution is 14.0. The van der Waals surface area contributed by atoms with E-state index >= 15 is 0 Å². The van der Waals surface area contributed by atoms with Crippen LogP contribution in [0.15, 0.2) is 41.4 Å². The first-order valence-corrected chi connectivity index (χ1v) is 8.97. The van der Waals surface area contributed by atoms with Crippen molar-refractivity contribution in [1.82, 2.24) is 10.6 Å². The predicted octanol–water partition coefficient (Wildman–Crippen LogP) is 3.89. The number of hydrogen-bond acceptors (Lipinski definition) is 4. The molecule has 6 nitrogen and oxygen atoms in total. The number of halogens is 2. The Labute approximate surface area is 188 Å². The fourth-order valence-corrected chi connectivity index (χ4v) is 2.84. The molecule has 0 saturated heterocycles. The summed E-state index contributed by atoms with van der Waals surface area (Å²) in [6.45, 7) is 1.32. The van der Waals surface area contributed by atoms with Crippen molar-refractivity contribution < 1.29 is 14.2 Å². The van der Waals surface area contributed by atoms with E-state index < -0.39 is 0 Å². The van der Waals surface area contributed by atoms with Crippen molar-refractivity contribution >= 4 is 41.5 Å². The van der Waals surface area contributed by atoms with E-state index in [2.05, 4.69) is 15.6 Å². The van der Waals surface area contributed by atoms with Gasteiger partial charge < -0.3 is 24.8 Å². The molecule has 0 atom stereocenters. The lowest BCUT2D eigenvalue weighted by molar-refractivity contribution is 0.354. The first-order chi connectivity index (χ1) is 13.1. The fourth-order valence-electron chi connectivity index (χ4n) is 2.57. The summed E-state index contributed by atoms with van der Waals surface area (Å²) in [6, 6.07) is 11.5. The quantitative estimate of drug-likeness (QED) is 0.315. The number of benzene rings is 2. The second-order valence-electron chi connectivity index (χ2n) is 5.75. The predicted molar refractivity (Wildman–Crippen MR) is 125 cm³/mol. The molecule has 0 aromatic heterocycles. The van der Waals surface area contributed by atoms with Gasteiger partial charge in [0.25, 0.3) is 0 Å². The van der Waals surface area contributed by atoms with Gasteiger partial charge in [-0.05, 0) is 41.8 Å². The van der Waals surface area contributed by atoms with Crippen molar-refractivity contribution in [3.63, 3.8) is 0 Å². The Morgan fingerprint density at radius 1 is 0.964 bits per heavy atom. The highest BCUT2D eigenvalue weighted by atomic mass is 127. The Balaban J connectivity index is 0.00000392. The van der Waals surface area contributed by atoms with E-state index in [4.69, 9.17) is 25.8 Å². The van der Waals surface area contributed by atoms with Gasteiger partial charge in [0.2, 0.25) is 0 Å². The Morgan fingerprint density at radius 3 is 2.32 bits per heavy atom. The Morgan fingerprint density at radius 2 is 1.71 bits per heavy atom. The lowest BCUT2D eigenvalue weighted by Gasteiger charge is -2.14. The zero-order valence-electron chi connectivity index (χ0n) is 16.5. The summed E-state index contributed by atoms with van der Waals surface area (Å²) in [4.78, 5) is 4.25. The molecular weight excluding hydrogens is 493 g/mol. The minimum Gasteiger partial charge on any atom is -0.497 e. The van der Waals surface area contributed by atoms with Gasteiger partial charge in [-0.25, -0.2) is 0 Å². The van der Waals surface area contributed by atoms with E-state index in [1.807, 2.05) is 36.4 Å². The second-order valence-corrected chi connectivity index (χ2v) is 6.16. The molecule has 2 aromatic carbocycles. The molecule has 8 heteroatoms. The van der Waals surface area contributed by atoms with Gasteiger partial charge in [-0.3, -0.25) is 4.99 Å². The molecule has 2 aromatic rings. The number of aliphatic imine (C=N–C) groups is 1. The largest absolute Gasteiger partial charge is 0.497 e. The van der Waals surface area contributed by atoms with Crippen LogP contribution in [0.4, 0.5) is 0 Å². The molecular formula is C20H27ClIN3O3. The Kier molecular flexibility index (Phi) is 10.8. The van der Waals surface area contributed by atoms with Gasteiger partial charge in [0.1, 0.15) is 5.75 Å². The molecule has 0 unspecified atom stereocenters. The van der Waals surface area contributed by atoms with Gasteiger partial charge in [0.15, 0.2) is 17.5 Å². The first kappa shape index (κ1) is 24.2. The maximum Gasteiger partial charge on any atom is 0.191 e. The van der Waals surface area contributed by atoms with E-state index in [0.29, 0.717) is 29.6 Å². The molecule has 0 aliphatic heterocycles. The highest BCUT2D eigenvalue weighted by Crippen LogP contribution is 2.27. The summed E-state index contributed by atoms with van der Waals surface area (Å²) >= 11 is 6.28. The monoisotopic (exact) mass is 519 g/mol. The van der Waals surface area contributed by atoms with Crippen molar-refractivity contribution in [2.24, 2.45) is 4.99 Å². The second kappa shape index (κ2) is 12.6. The number of guanidine groups is 1. The normalized spacial score (nSPS) is 10.7. The maximum absolute atomic E-state index is 6.28. The zero-order valence-corrected chi connectivity index (χ0v) is 19.6. The van der Waals surface area contributed by atoms with E-state index in [1.165, 1.54) is 0 Å². The van der Waals surface area contributed by atoms with Crippen LogP contribution >= 0.6 is 35.6 Å². The van der Waals surface area contributed by atoms with Crippen LogP contribution in [0.2, 0.25) is 5.02 Å². The summed E-state index contributed by atoms with van der Waals surface area (Å²) < 4.78 is 15.8. The van der Waals surface area contributed by atoms with E-state index in [9.17, 15) is 0 Å². The van der Waals surface area contributed by atoms with Crippen LogP contribution in [0.25, 0.3) is 0 Å². The van der Waals surface area contributed by atoms with E-state index in [1.54, 1.807) is 28.4 Å². The van der Waals surface area contributed by atoms with Gasteiger partial charge in [-0.2, -0.15) is 0 Å². The van der Waals surface area contributed by atoms with Gasteiger partial charge in [-0.1, -0.05) is 23.7 Å². The summed E-state index contributed by atoms with van der Waals surface area (Å²) in [6.07, 6.45) is 0.778. The van der Waals surface area contributed by atoms with Crippen molar-refractivity contribution in [2.75, 3.05) is 34.9 Å². The number of rotatable bonds is 8. The molecule has 0 amide bonds. The van der Waals surface area contributed by atoms with Gasteiger partial charge >= 0.3 is 0 Å². The summed E-state index contributed by atoms with van der Waals surface area (Å²) in [5.74, 6) is 2.88. The molecule has 0 aliphatic carbocycles. The SMILES string of the molecule is CN=C(NCCc1ccc(OC)cc1Cl)NCc1ccc(OC)c(OC)c1.I. The summed E-state index contributed by atoms with van der Waals surface area (Å²) in [5, 5.41) is 7.27. The number of hydrogen-bond donors (Lipinski definition) is 2. The van der Waals surface area contributed by atoms with Crippen molar-refractivity contribution in [2.45, 2.75) is 13.0 Å². The van der Waals surface area contributed by atoms with Crippen LogP contribution in [0.3, 0.4) is 0 Å². The molecule has 0 aliphatic rings. The van der Waals surface area contributed by atoms with E-state index in [-0.39, 0.29) is 24.0 Å². The van der Waals surface area contributed by atoms with Crippen LogP contribution in [0, 0.1) is 0 Å². The van der Waals surface area contributed by atoms with Crippen LogP contribution in [0.5, 0.6) is 17.2 Å². The third-order valence-corrected chi connectivity index (χ3v) is 4.43. The molecule has 154 valence electrons. The molecule has 2 N–H and O–H groups in total. The number of nitrogens with zero attached hydrogens (tertiary/aromatic N) is 1. The highest BCUT2D eigenvalue weighted by Gasteiger charge is 2.06. The minimum absolute atomic E-state index is 0. The lowest BCUT2D eigenvalue weighted by atomic mass is 10.1. The summed E-state index contributed by atoms with van der Waals surface area (Å²) in [7, 11) is 6.61. The number of ether oxygens (including phenoxy) is 3. The first-order valence-electron chi connectivity index (χ1n) is 8.59. The average Bonchev–Trinajstić information content (AvgIpc) is 2.71. The van der Waals surface area contributed by atoms with Crippen molar-refractivity contribution in [1.29, 1.82) is 0 Å². The molecule has 28 heavy (non-hydrogen) atoms. The standard InChI is InChI=1S/C20H26ClN3O3.HI/c1-22-20(23-10-9-15-6-7-16(25-2)12-17(15)21)24-13-14-5-8-18(26-3)19(11-14)27-4;/h5-8,11-12H,9-10,13H2,1-4H3,(H2,22,23,24);1H. The Hall–Kier alpha value is -1.87. The van der Waals surface area contributed by atoms with E-state index in [0.717, 1.165) is 29.3 Å². The molecule has 0 bridgehead atoms. The van der Waals surface area contributed by atoms with Gasteiger partial charge in [0, 0.05) is 25.2 Å². The van der Waals surface area contributed by atoms with Gasteiger partial charge in [-0.15, -0.1) is 24.0 Å². The maximum atomic E-state index is 6.28. The minimum atomic E-state index is 0. The fraction of sp³-hybridized carbons (Fsp3) is 0.350. The van der Waals surface area contributed by atoms with Crippen molar-refractivity contribution in [3.05, 3.63) is 52.5 Å². The van der Waals surface area contributed by atoms with Crippen LogP contribution in [-0.2, 0) is 13.0 Å². The lowest BCUT2D eigenvalue weighted by Crippen LogP contribution is -2.37. The molecule has 0 heterocycles. The molecule has 2 rings (SSSR count). The molecule has 0 spiro atoms. The number of methoxy groups -OCH3 is 3. The number of nitrogens with one attached hydrogen (secondary N) is 2. The van der Waals surface area contributed by atoms with Crippen LogP contribution < -0.4 is 24.8 Å². The summed E-state index contributed by atoms with van der Waals surface area (Å²) in [5.41, 5.74) is 2.12. The average molecular weight is 520 g/mol. The third-order valence-electron chi connectivity index (χ3n) is 4.08. The van der Waals surface area contributed by atoms with Gasteiger partial charge in [0.05, 0.1) is 21.3 Å². The van der Waals surface area contributed by atoms with Crippen LogP contribution in [0.1, 0.15) is 11.1 Å². The topological polar surface area (TPSA) is 64.1 Å². The van der Waals surface area contributed by atoms with Crippen LogP contribution in [-0.4, -0.2) is 40.9 Å². The molecule has 0 fully saturated rings. The third kappa shape index (κ3) is 6.94. The Bertz CT molecular complexity index is 787. The molecule has 0 radical (unpaired) electrons. The van der Waals surface area contributed by atoms with Crippen molar-refractivity contribution in [3.8, 4) is 17.2 Å². The molecule has 0 saturated carbocycles.